The Morgan fingerprint density at radius 3 is 3.21 bits per heavy atom. The first-order valence-corrected chi connectivity index (χ1v) is 7.11. The van der Waals surface area contributed by atoms with Gasteiger partial charge in [-0.2, -0.15) is 0 Å². The van der Waals surface area contributed by atoms with Gasteiger partial charge in [-0.25, -0.2) is 4.98 Å². The number of thiazole rings is 1. The minimum Gasteiger partial charge on any atom is -0.306 e. The molecule has 1 unspecified atom stereocenters. The lowest BCUT2D eigenvalue weighted by molar-refractivity contribution is -0.117. The van der Waals surface area contributed by atoms with E-state index < -0.39 is 0 Å². The lowest BCUT2D eigenvalue weighted by Gasteiger charge is -2.08. The van der Waals surface area contributed by atoms with Crippen LogP contribution in [0.3, 0.4) is 0 Å². The predicted molar refractivity (Wildman–Crippen MR) is 75.0 cm³/mol. The Labute approximate surface area is 115 Å². The SMILES string of the molecule is O=C(Nc1nc(-c2cccnc2)cs1)C1CCCN1. The molecule has 1 saturated heterocycles. The minimum absolute atomic E-state index is 0.00425. The molecule has 1 amide bonds. The summed E-state index contributed by atoms with van der Waals surface area (Å²) in [5.74, 6) is 0.00425. The first-order valence-electron chi connectivity index (χ1n) is 6.23. The average molecular weight is 274 g/mol. The fourth-order valence-electron chi connectivity index (χ4n) is 2.08. The number of pyridine rings is 1. The van der Waals surface area contributed by atoms with E-state index in [0.717, 1.165) is 30.6 Å². The summed E-state index contributed by atoms with van der Waals surface area (Å²) in [6.07, 6.45) is 5.44. The molecular formula is C13H14N4OS. The van der Waals surface area contributed by atoms with Crippen LogP contribution in [0.15, 0.2) is 29.9 Å². The smallest absolute Gasteiger partial charge is 0.243 e. The Kier molecular flexibility index (Phi) is 3.52. The summed E-state index contributed by atoms with van der Waals surface area (Å²) in [5, 5.41) is 8.59. The highest BCUT2D eigenvalue weighted by Gasteiger charge is 2.22. The molecule has 19 heavy (non-hydrogen) atoms. The maximum absolute atomic E-state index is 11.9. The van der Waals surface area contributed by atoms with Crippen molar-refractivity contribution in [3.05, 3.63) is 29.9 Å². The summed E-state index contributed by atoms with van der Waals surface area (Å²) < 4.78 is 0. The van der Waals surface area contributed by atoms with Crippen molar-refractivity contribution in [2.75, 3.05) is 11.9 Å². The van der Waals surface area contributed by atoms with E-state index in [0.29, 0.717) is 5.13 Å². The van der Waals surface area contributed by atoms with Gasteiger partial charge >= 0.3 is 0 Å². The van der Waals surface area contributed by atoms with Crippen LogP contribution in [0.25, 0.3) is 11.3 Å². The van der Waals surface area contributed by atoms with Crippen molar-refractivity contribution in [1.82, 2.24) is 15.3 Å². The Bertz CT molecular complexity index is 563. The molecule has 2 aromatic rings. The number of carbonyl (C=O) groups is 1. The van der Waals surface area contributed by atoms with Gasteiger partial charge in [0.2, 0.25) is 5.91 Å². The lowest BCUT2D eigenvalue weighted by Crippen LogP contribution is -2.35. The quantitative estimate of drug-likeness (QED) is 0.897. The summed E-state index contributed by atoms with van der Waals surface area (Å²) in [5.41, 5.74) is 1.80. The van der Waals surface area contributed by atoms with Gasteiger partial charge in [0.15, 0.2) is 5.13 Å². The third-order valence-corrected chi connectivity index (χ3v) is 3.83. The minimum atomic E-state index is -0.0780. The fourth-order valence-corrected chi connectivity index (χ4v) is 2.80. The van der Waals surface area contributed by atoms with Crippen molar-refractivity contribution in [3.8, 4) is 11.3 Å². The fraction of sp³-hybridized carbons (Fsp3) is 0.308. The van der Waals surface area contributed by atoms with Gasteiger partial charge in [0, 0.05) is 23.3 Å². The number of carbonyl (C=O) groups excluding carboxylic acids is 1. The third-order valence-electron chi connectivity index (χ3n) is 3.07. The number of aromatic nitrogens is 2. The molecule has 0 aliphatic carbocycles. The number of amides is 1. The Morgan fingerprint density at radius 1 is 1.53 bits per heavy atom. The molecule has 3 rings (SSSR count). The molecule has 5 nitrogen and oxygen atoms in total. The van der Waals surface area contributed by atoms with E-state index >= 15 is 0 Å². The zero-order valence-electron chi connectivity index (χ0n) is 10.3. The molecule has 3 heterocycles. The van der Waals surface area contributed by atoms with Gasteiger partial charge < -0.3 is 10.6 Å². The lowest BCUT2D eigenvalue weighted by atomic mass is 10.2. The van der Waals surface area contributed by atoms with Crippen molar-refractivity contribution >= 4 is 22.4 Å². The Hall–Kier alpha value is -1.79. The largest absolute Gasteiger partial charge is 0.306 e. The number of rotatable bonds is 3. The molecule has 1 atom stereocenters. The monoisotopic (exact) mass is 274 g/mol. The highest BCUT2D eigenvalue weighted by molar-refractivity contribution is 7.14. The standard InChI is InChI=1S/C13H14N4OS/c18-12(10-4-2-6-15-10)17-13-16-11(8-19-13)9-3-1-5-14-7-9/h1,3,5,7-8,10,15H,2,4,6H2,(H,16,17,18). The molecule has 2 N–H and O–H groups in total. The number of nitrogens with zero attached hydrogens (tertiary/aromatic N) is 2. The molecule has 0 aromatic carbocycles. The van der Waals surface area contributed by atoms with Gasteiger partial charge in [-0.15, -0.1) is 11.3 Å². The number of hydrogen-bond acceptors (Lipinski definition) is 5. The maximum Gasteiger partial charge on any atom is 0.243 e. The predicted octanol–water partition coefficient (Wildman–Crippen LogP) is 1.90. The van der Waals surface area contributed by atoms with Gasteiger partial charge in [-0.05, 0) is 31.5 Å². The summed E-state index contributed by atoms with van der Waals surface area (Å²) in [6.45, 7) is 0.914. The van der Waals surface area contributed by atoms with Gasteiger partial charge in [0.25, 0.3) is 0 Å². The highest BCUT2D eigenvalue weighted by atomic mass is 32.1. The Balaban J connectivity index is 1.70. The molecule has 0 saturated carbocycles. The summed E-state index contributed by atoms with van der Waals surface area (Å²) in [6, 6.07) is 3.74. The topological polar surface area (TPSA) is 66.9 Å². The summed E-state index contributed by atoms with van der Waals surface area (Å²) >= 11 is 1.43. The second kappa shape index (κ2) is 5.46. The van der Waals surface area contributed by atoms with Crippen LogP contribution in [0.2, 0.25) is 0 Å². The second-order valence-electron chi connectivity index (χ2n) is 4.42. The van der Waals surface area contributed by atoms with Crippen molar-refractivity contribution in [2.24, 2.45) is 0 Å². The molecule has 0 spiro atoms. The summed E-state index contributed by atoms with van der Waals surface area (Å²) in [7, 11) is 0. The molecule has 2 aromatic heterocycles. The van der Waals surface area contributed by atoms with E-state index in [1.807, 2.05) is 17.5 Å². The van der Waals surface area contributed by atoms with Crippen molar-refractivity contribution in [2.45, 2.75) is 18.9 Å². The van der Waals surface area contributed by atoms with E-state index in [1.54, 1.807) is 12.4 Å². The van der Waals surface area contributed by atoms with Crippen LogP contribution in [0.5, 0.6) is 0 Å². The van der Waals surface area contributed by atoms with Crippen LogP contribution < -0.4 is 10.6 Å². The van der Waals surface area contributed by atoms with E-state index in [2.05, 4.69) is 20.6 Å². The molecule has 1 aliphatic rings. The van der Waals surface area contributed by atoms with Gasteiger partial charge in [-0.3, -0.25) is 9.78 Å². The summed E-state index contributed by atoms with van der Waals surface area (Å²) in [4.78, 5) is 20.4. The molecule has 0 bridgehead atoms. The van der Waals surface area contributed by atoms with E-state index in [1.165, 1.54) is 11.3 Å². The van der Waals surface area contributed by atoms with Crippen LogP contribution in [-0.2, 0) is 4.79 Å². The normalized spacial score (nSPS) is 18.4. The Morgan fingerprint density at radius 2 is 2.47 bits per heavy atom. The first-order chi connectivity index (χ1) is 9.33. The maximum atomic E-state index is 11.9. The molecule has 1 fully saturated rings. The number of anilines is 1. The van der Waals surface area contributed by atoms with E-state index in [9.17, 15) is 4.79 Å². The van der Waals surface area contributed by atoms with Gasteiger partial charge in [0.1, 0.15) is 0 Å². The van der Waals surface area contributed by atoms with Crippen LogP contribution >= 0.6 is 11.3 Å². The van der Waals surface area contributed by atoms with Crippen molar-refractivity contribution in [1.29, 1.82) is 0 Å². The first kappa shape index (κ1) is 12.3. The number of nitrogens with one attached hydrogen (secondary N) is 2. The molecule has 98 valence electrons. The van der Waals surface area contributed by atoms with Gasteiger partial charge in [0.05, 0.1) is 11.7 Å². The second-order valence-corrected chi connectivity index (χ2v) is 5.28. The number of hydrogen-bond donors (Lipinski definition) is 2. The third kappa shape index (κ3) is 2.80. The molecule has 6 heteroatoms. The van der Waals surface area contributed by atoms with Crippen LogP contribution in [-0.4, -0.2) is 28.5 Å². The van der Waals surface area contributed by atoms with Crippen LogP contribution in [0.4, 0.5) is 5.13 Å². The van der Waals surface area contributed by atoms with Gasteiger partial charge in [-0.1, -0.05) is 0 Å². The van der Waals surface area contributed by atoms with Crippen LogP contribution in [0.1, 0.15) is 12.8 Å². The molecule has 1 aliphatic heterocycles. The zero-order chi connectivity index (χ0) is 13.1. The molecular weight excluding hydrogens is 260 g/mol. The van der Waals surface area contributed by atoms with Crippen LogP contribution in [0, 0.1) is 0 Å². The zero-order valence-corrected chi connectivity index (χ0v) is 11.1. The van der Waals surface area contributed by atoms with Crippen molar-refractivity contribution in [3.63, 3.8) is 0 Å². The highest BCUT2D eigenvalue weighted by Crippen LogP contribution is 2.24. The van der Waals surface area contributed by atoms with Crippen molar-refractivity contribution < 1.29 is 4.79 Å². The molecule has 0 radical (unpaired) electrons. The average Bonchev–Trinajstić information content (AvgIpc) is 3.11. The van der Waals surface area contributed by atoms with E-state index in [4.69, 9.17) is 0 Å². The van der Waals surface area contributed by atoms with E-state index in [-0.39, 0.29) is 11.9 Å².